The minimum absolute atomic E-state index is 0.00533. The van der Waals surface area contributed by atoms with Crippen molar-refractivity contribution in [1.82, 2.24) is 26.6 Å². The standard InChI is InChI=1S/C37H64N6O20/c1-13-22(47)25(50)19(41-16(4)44)34(58-13)63-31-27(52)26(51)30(32(53)54)62-36(31)61-29-21(43-18(6)46)35(59-15(3)24(29)49)60-28-20(42-17(5)45)33(57-14(2)23(28)48)56-12-8-11-40-37(55)39-10-7-9-38/h13-15,19-31,33-36,47-52H,7-12,38H2,1-6H3,(H,41,44)(H,42,45)(H,43,46)(H,53,54)(H2,39,40,55)/t13?,14?,15?,19-,20-,21-,22+,23-,24+,25?,26-,27?,28?,29?,30?,31-,33+,34-,35-,36+/m0/s1. The molecule has 4 heterocycles. The van der Waals surface area contributed by atoms with Crippen LogP contribution in [0.5, 0.6) is 0 Å². The number of ether oxygens (including phenoxy) is 8. The van der Waals surface area contributed by atoms with Crippen LogP contribution in [0.15, 0.2) is 0 Å². The second-order valence-electron chi connectivity index (χ2n) is 15.9. The Morgan fingerprint density at radius 1 is 0.540 bits per heavy atom. The highest BCUT2D eigenvalue weighted by Gasteiger charge is 2.57. The van der Waals surface area contributed by atoms with Gasteiger partial charge in [0.25, 0.3) is 0 Å². The number of carbonyl (C=O) groups is 5. The molecule has 0 radical (unpaired) electrons. The molecule has 20 atom stereocenters. The molecular weight excluding hydrogens is 848 g/mol. The average Bonchev–Trinajstić information content (AvgIpc) is 3.20. The Morgan fingerprint density at radius 2 is 0.984 bits per heavy atom. The second kappa shape index (κ2) is 23.7. The van der Waals surface area contributed by atoms with Crippen molar-refractivity contribution in [1.29, 1.82) is 0 Å². The van der Waals surface area contributed by atoms with Gasteiger partial charge in [0.1, 0.15) is 73.1 Å². The summed E-state index contributed by atoms with van der Waals surface area (Å²) in [7, 11) is 0. The first-order valence-corrected chi connectivity index (χ1v) is 20.7. The molecule has 0 aromatic rings. The van der Waals surface area contributed by atoms with Gasteiger partial charge in [0.2, 0.25) is 17.7 Å². The molecule has 5 amide bonds. The van der Waals surface area contributed by atoms with Gasteiger partial charge in [0.15, 0.2) is 31.3 Å². The van der Waals surface area contributed by atoms with Crippen LogP contribution < -0.4 is 32.3 Å². The second-order valence-corrected chi connectivity index (χ2v) is 15.9. The van der Waals surface area contributed by atoms with Crippen molar-refractivity contribution < 1.29 is 97.6 Å². The van der Waals surface area contributed by atoms with Crippen molar-refractivity contribution in [3.05, 3.63) is 0 Å². The van der Waals surface area contributed by atoms with Crippen LogP contribution in [0.4, 0.5) is 4.79 Å². The Balaban J connectivity index is 1.62. The van der Waals surface area contributed by atoms with Crippen LogP contribution in [-0.4, -0.2) is 214 Å². The molecule has 0 saturated carbocycles. The molecule has 14 N–H and O–H groups in total. The summed E-state index contributed by atoms with van der Waals surface area (Å²) in [6.45, 7) is 8.70. The molecule has 26 nitrogen and oxygen atoms in total. The van der Waals surface area contributed by atoms with E-state index >= 15 is 0 Å². The van der Waals surface area contributed by atoms with Crippen LogP contribution in [0, 0.1) is 0 Å². The number of carboxylic acids is 1. The number of aliphatic hydroxyl groups excluding tert-OH is 6. The lowest BCUT2D eigenvalue weighted by molar-refractivity contribution is -0.372. The normalized spacial score (nSPS) is 40.6. The predicted molar refractivity (Wildman–Crippen MR) is 208 cm³/mol. The number of aliphatic hydroxyl groups is 6. The topological polar surface area (TPSA) is 387 Å². The Kier molecular flexibility index (Phi) is 19.6. The van der Waals surface area contributed by atoms with Crippen molar-refractivity contribution >= 4 is 29.7 Å². The molecule has 4 rings (SSSR count). The van der Waals surface area contributed by atoms with Crippen LogP contribution >= 0.6 is 0 Å². The summed E-state index contributed by atoms with van der Waals surface area (Å²) in [6.07, 6.45) is -26.9. The molecule has 63 heavy (non-hydrogen) atoms. The van der Waals surface area contributed by atoms with E-state index in [9.17, 15) is 59.7 Å². The highest BCUT2D eigenvalue weighted by Crippen LogP contribution is 2.35. The molecule has 0 bridgehead atoms. The number of amides is 5. The smallest absolute Gasteiger partial charge is 0.335 e. The van der Waals surface area contributed by atoms with Gasteiger partial charge in [-0.1, -0.05) is 0 Å². The third kappa shape index (κ3) is 13.6. The van der Waals surface area contributed by atoms with Gasteiger partial charge in [-0.25, -0.2) is 9.59 Å². The number of nitrogens with two attached hydrogens (primary N) is 1. The monoisotopic (exact) mass is 912 g/mol. The first-order valence-electron chi connectivity index (χ1n) is 20.7. The summed E-state index contributed by atoms with van der Waals surface area (Å²) in [6, 6.07) is -4.67. The zero-order valence-corrected chi connectivity index (χ0v) is 35.8. The number of nitrogens with one attached hydrogen (secondary N) is 5. The molecule has 4 aliphatic heterocycles. The number of urea groups is 1. The average molecular weight is 913 g/mol. The number of hydrogen-bond acceptors (Lipinski definition) is 20. The molecule has 4 fully saturated rings. The van der Waals surface area contributed by atoms with Gasteiger partial charge in [-0.2, -0.15) is 0 Å². The van der Waals surface area contributed by atoms with Gasteiger partial charge in [0, 0.05) is 33.9 Å². The van der Waals surface area contributed by atoms with Gasteiger partial charge < -0.3 is 106 Å². The molecule has 0 aliphatic carbocycles. The summed E-state index contributed by atoms with van der Waals surface area (Å²) in [4.78, 5) is 61.6. The third-order valence-corrected chi connectivity index (χ3v) is 10.8. The number of rotatable bonds is 18. The van der Waals surface area contributed by atoms with Crippen LogP contribution in [0.1, 0.15) is 54.4 Å². The van der Waals surface area contributed by atoms with Crippen LogP contribution in [0.2, 0.25) is 0 Å². The zero-order chi connectivity index (χ0) is 46.9. The van der Waals surface area contributed by atoms with Gasteiger partial charge in [0.05, 0.1) is 24.9 Å². The number of carboxylic acid groups (broad SMARTS) is 1. The highest BCUT2D eigenvalue weighted by molar-refractivity contribution is 5.75. The van der Waals surface area contributed by atoms with Crippen LogP contribution in [0.25, 0.3) is 0 Å². The maximum absolute atomic E-state index is 12.8. The quantitative estimate of drug-likeness (QED) is 0.0569. The van der Waals surface area contributed by atoms with Crippen molar-refractivity contribution in [3.63, 3.8) is 0 Å². The Bertz CT molecular complexity index is 1540. The fraction of sp³-hybridized carbons (Fsp3) is 0.865. The number of aliphatic carboxylic acids is 1. The van der Waals surface area contributed by atoms with Crippen molar-refractivity contribution in [2.24, 2.45) is 5.73 Å². The van der Waals surface area contributed by atoms with Crippen molar-refractivity contribution in [2.45, 2.75) is 177 Å². The highest BCUT2D eigenvalue weighted by atomic mass is 16.8. The Hall–Kier alpha value is -3.45. The number of hydrogen-bond donors (Lipinski definition) is 13. The molecule has 8 unspecified atom stereocenters. The van der Waals surface area contributed by atoms with E-state index in [1.807, 2.05) is 0 Å². The van der Waals surface area contributed by atoms with Gasteiger partial charge in [-0.3, -0.25) is 14.4 Å². The van der Waals surface area contributed by atoms with E-state index in [1.165, 1.54) is 27.7 Å². The zero-order valence-electron chi connectivity index (χ0n) is 35.8. The first-order chi connectivity index (χ1) is 29.7. The van der Waals surface area contributed by atoms with E-state index in [1.54, 1.807) is 0 Å². The fourth-order valence-corrected chi connectivity index (χ4v) is 7.51. The molecule has 0 spiro atoms. The molecular formula is C37H64N6O20. The van der Waals surface area contributed by atoms with E-state index in [2.05, 4.69) is 26.6 Å². The van der Waals surface area contributed by atoms with Crippen molar-refractivity contribution in [3.8, 4) is 0 Å². The minimum atomic E-state index is -2.16. The summed E-state index contributed by atoms with van der Waals surface area (Å²) < 4.78 is 47.7. The van der Waals surface area contributed by atoms with E-state index in [-0.39, 0.29) is 13.2 Å². The third-order valence-electron chi connectivity index (χ3n) is 10.8. The van der Waals surface area contributed by atoms with E-state index in [4.69, 9.17) is 43.6 Å². The first kappa shape index (κ1) is 52.2. The molecule has 0 aromatic heterocycles. The molecule has 26 heteroatoms. The molecule has 4 aliphatic rings. The molecule has 0 aromatic carbocycles. The van der Waals surface area contributed by atoms with Crippen molar-refractivity contribution in [2.75, 3.05) is 26.2 Å². The minimum Gasteiger partial charge on any atom is -0.479 e. The lowest BCUT2D eigenvalue weighted by Gasteiger charge is -2.50. The Labute approximate surface area is 362 Å². The van der Waals surface area contributed by atoms with Crippen LogP contribution in [0.3, 0.4) is 0 Å². The lowest BCUT2D eigenvalue weighted by atomic mass is 9.94. The Morgan fingerprint density at radius 3 is 1.51 bits per heavy atom. The molecule has 4 saturated heterocycles. The van der Waals surface area contributed by atoms with Gasteiger partial charge in [-0.05, 0) is 40.2 Å². The SMILES string of the molecule is CC(=O)N[C@H]1C(O)[C@H](O)C(C)O[C@H]1O[C@H]1C(O)[C@H](O)C(C(=O)O)O[C@H]1OC1[C@H](O)C(C)O[C@@H](OC2[C@@H](O)C(C)O[C@@H](OCCCNC(=O)NCCCN)[C@H]2NC(C)=O)[C@H]1NC(C)=O. The number of carbonyl (C=O) groups excluding carboxylic acids is 4. The summed E-state index contributed by atoms with van der Waals surface area (Å²) >= 11 is 0. The maximum atomic E-state index is 12.8. The van der Waals surface area contributed by atoms with Gasteiger partial charge >= 0.3 is 12.0 Å². The fourth-order valence-electron chi connectivity index (χ4n) is 7.51. The molecule has 362 valence electrons. The largest absolute Gasteiger partial charge is 0.479 e. The lowest BCUT2D eigenvalue weighted by Crippen LogP contribution is -2.71. The maximum Gasteiger partial charge on any atom is 0.335 e. The predicted octanol–water partition coefficient (Wildman–Crippen LogP) is -6.08. The summed E-state index contributed by atoms with van der Waals surface area (Å²) in [5.41, 5.74) is 5.45. The summed E-state index contributed by atoms with van der Waals surface area (Å²) in [5.74, 6) is -3.72. The van der Waals surface area contributed by atoms with E-state index < -0.39 is 152 Å². The van der Waals surface area contributed by atoms with Crippen LogP contribution in [-0.2, 0) is 57.1 Å². The summed E-state index contributed by atoms with van der Waals surface area (Å²) in [5, 5.41) is 89.3. The van der Waals surface area contributed by atoms with E-state index in [0.29, 0.717) is 25.9 Å². The van der Waals surface area contributed by atoms with E-state index in [0.717, 1.165) is 13.8 Å². The van der Waals surface area contributed by atoms with Gasteiger partial charge in [-0.15, -0.1) is 0 Å².